The van der Waals surface area contributed by atoms with E-state index in [0.717, 1.165) is 75.4 Å². The molecule has 3 rings (SSSR count). The second-order valence-corrected chi connectivity index (χ2v) is 8.52. The van der Waals surface area contributed by atoms with Gasteiger partial charge >= 0.3 is 0 Å². The van der Waals surface area contributed by atoms with Gasteiger partial charge in [0, 0.05) is 21.8 Å². The molecule has 0 saturated carbocycles. The van der Waals surface area contributed by atoms with Crippen LogP contribution in [-0.4, -0.2) is 42.7 Å². The Labute approximate surface area is 185 Å². The number of halogens is 1. The molecule has 4 nitrogen and oxygen atoms in total. The summed E-state index contributed by atoms with van der Waals surface area (Å²) in [5, 5.41) is 6.75. The summed E-state index contributed by atoms with van der Waals surface area (Å²) in [6.07, 6.45) is 2.28. The number of nitrogens with one attached hydrogen (secondary N) is 1. The average molecular weight is 428 g/mol. The minimum atomic E-state index is 0.344. The first-order valence-electron chi connectivity index (χ1n) is 11.0. The third-order valence-electron chi connectivity index (χ3n) is 6.03. The summed E-state index contributed by atoms with van der Waals surface area (Å²) in [6.45, 7) is 14.2. The van der Waals surface area contributed by atoms with Crippen LogP contribution >= 0.6 is 11.6 Å². The highest BCUT2D eigenvalue weighted by Gasteiger charge is 2.16. The molecule has 0 spiro atoms. The zero-order chi connectivity index (χ0) is 21.8. The van der Waals surface area contributed by atoms with Crippen molar-refractivity contribution in [3.63, 3.8) is 0 Å². The minimum absolute atomic E-state index is 0.344. The molecule has 1 heterocycles. The fourth-order valence-corrected chi connectivity index (χ4v) is 4.27. The molecule has 0 saturated heterocycles. The third-order valence-corrected chi connectivity index (χ3v) is 6.44. The number of anilines is 1. The van der Waals surface area contributed by atoms with Crippen molar-refractivity contribution in [3.05, 3.63) is 40.4 Å². The minimum Gasteiger partial charge on any atom is -0.497 e. The van der Waals surface area contributed by atoms with Gasteiger partial charge < -0.3 is 15.0 Å². The lowest BCUT2D eigenvalue weighted by Crippen LogP contribution is -2.25. The van der Waals surface area contributed by atoms with E-state index in [4.69, 9.17) is 21.3 Å². The SMILES string of the molecule is CCN(CC)CCCC(C)Nc1c2cc(OC)cc(C)c2nc2c(C)c(Cl)ccc12. The van der Waals surface area contributed by atoms with E-state index in [1.807, 2.05) is 19.1 Å². The van der Waals surface area contributed by atoms with Gasteiger partial charge in [0.15, 0.2) is 0 Å². The highest BCUT2D eigenvalue weighted by molar-refractivity contribution is 6.32. The lowest BCUT2D eigenvalue weighted by Gasteiger charge is -2.22. The fourth-order valence-electron chi connectivity index (χ4n) is 4.12. The Morgan fingerprint density at radius 1 is 1.10 bits per heavy atom. The zero-order valence-corrected chi connectivity index (χ0v) is 19.9. The van der Waals surface area contributed by atoms with Crippen molar-refractivity contribution in [1.29, 1.82) is 0 Å². The van der Waals surface area contributed by atoms with Gasteiger partial charge in [-0.25, -0.2) is 4.98 Å². The molecule has 0 aliphatic rings. The van der Waals surface area contributed by atoms with Gasteiger partial charge in [0.25, 0.3) is 0 Å². The summed E-state index contributed by atoms with van der Waals surface area (Å²) in [7, 11) is 1.71. The van der Waals surface area contributed by atoms with Gasteiger partial charge in [-0.15, -0.1) is 0 Å². The van der Waals surface area contributed by atoms with Crippen molar-refractivity contribution < 1.29 is 4.74 Å². The molecule has 0 amide bonds. The first-order valence-corrected chi connectivity index (χ1v) is 11.3. The summed E-state index contributed by atoms with van der Waals surface area (Å²) in [5.41, 5.74) is 5.19. The molecule has 2 aromatic carbocycles. The molecule has 0 fully saturated rings. The summed E-state index contributed by atoms with van der Waals surface area (Å²) in [4.78, 5) is 7.48. The van der Waals surface area contributed by atoms with Crippen LogP contribution in [0.4, 0.5) is 5.69 Å². The summed E-state index contributed by atoms with van der Waals surface area (Å²) in [6, 6.07) is 8.52. The Balaban J connectivity index is 2.03. The average Bonchev–Trinajstić information content (AvgIpc) is 2.74. The number of aromatic nitrogens is 1. The highest BCUT2D eigenvalue weighted by atomic mass is 35.5. The Morgan fingerprint density at radius 3 is 2.50 bits per heavy atom. The topological polar surface area (TPSA) is 37.4 Å². The number of pyridine rings is 1. The monoisotopic (exact) mass is 427 g/mol. The van der Waals surface area contributed by atoms with Gasteiger partial charge in [-0.1, -0.05) is 25.4 Å². The molecule has 1 atom stereocenters. The van der Waals surface area contributed by atoms with Gasteiger partial charge in [-0.3, -0.25) is 0 Å². The van der Waals surface area contributed by atoms with Crippen LogP contribution in [0.15, 0.2) is 24.3 Å². The van der Waals surface area contributed by atoms with Crippen LogP contribution in [0.2, 0.25) is 5.02 Å². The largest absolute Gasteiger partial charge is 0.497 e. The normalized spacial score (nSPS) is 12.7. The Kier molecular flexibility index (Phi) is 7.43. The van der Waals surface area contributed by atoms with E-state index < -0.39 is 0 Å². The van der Waals surface area contributed by atoms with Crippen LogP contribution in [0.1, 0.15) is 44.7 Å². The fraction of sp³-hybridized carbons (Fsp3) is 0.480. The highest BCUT2D eigenvalue weighted by Crippen LogP contribution is 2.38. The molecular weight excluding hydrogens is 394 g/mol. The molecule has 0 aliphatic carbocycles. The van der Waals surface area contributed by atoms with E-state index in [9.17, 15) is 0 Å². The maximum absolute atomic E-state index is 6.42. The van der Waals surface area contributed by atoms with Gasteiger partial charge in [0.2, 0.25) is 0 Å². The van der Waals surface area contributed by atoms with E-state index in [1.54, 1.807) is 7.11 Å². The molecule has 30 heavy (non-hydrogen) atoms. The quantitative estimate of drug-likeness (QED) is 0.391. The Bertz CT molecular complexity index is 1030. The van der Waals surface area contributed by atoms with Crippen LogP contribution in [0, 0.1) is 13.8 Å². The smallest absolute Gasteiger partial charge is 0.119 e. The first kappa shape index (κ1) is 22.6. The van der Waals surface area contributed by atoms with Crippen LogP contribution in [0.25, 0.3) is 21.8 Å². The van der Waals surface area contributed by atoms with Crippen LogP contribution in [0.5, 0.6) is 5.75 Å². The predicted octanol–water partition coefficient (Wildman–Crippen LogP) is 6.59. The van der Waals surface area contributed by atoms with Crippen molar-refractivity contribution in [2.45, 2.75) is 53.5 Å². The van der Waals surface area contributed by atoms with Crippen molar-refractivity contribution in [1.82, 2.24) is 9.88 Å². The maximum Gasteiger partial charge on any atom is 0.119 e. The molecule has 3 aromatic rings. The number of nitrogens with zero attached hydrogens (tertiary/aromatic N) is 2. The van der Waals surface area contributed by atoms with Crippen molar-refractivity contribution in [2.75, 3.05) is 32.1 Å². The van der Waals surface area contributed by atoms with E-state index in [0.29, 0.717) is 6.04 Å². The molecule has 0 radical (unpaired) electrons. The Hall–Kier alpha value is -2.04. The number of hydrogen-bond acceptors (Lipinski definition) is 4. The first-order chi connectivity index (χ1) is 14.4. The number of rotatable bonds is 9. The molecular formula is C25H34ClN3O. The Morgan fingerprint density at radius 2 is 1.83 bits per heavy atom. The number of methoxy groups -OCH3 is 1. The van der Waals surface area contributed by atoms with E-state index >= 15 is 0 Å². The van der Waals surface area contributed by atoms with Crippen molar-refractivity contribution in [3.8, 4) is 5.75 Å². The van der Waals surface area contributed by atoms with Crippen molar-refractivity contribution in [2.24, 2.45) is 0 Å². The lowest BCUT2D eigenvalue weighted by atomic mass is 10.0. The molecule has 0 bridgehead atoms. The van der Waals surface area contributed by atoms with E-state index in [1.165, 1.54) is 6.42 Å². The zero-order valence-electron chi connectivity index (χ0n) is 19.1. The summed E-state index contributed by atoms with van der Waals surface area (Å²) >= 11 is 6.42. The number of benzene rings is 2. The van der Waals surface area contributed by atoms with Crippen LogP contribution in [-0.2, 0) is 0 Å². The number of aryl methyl sites for hydroxylation is 2. The molecule has 5 heteroatoms. The van der Waals surface area contributed by atoms with Crippen LogP contribution < -0.4 is 10.1 Å². The molecule has 1 unspecified atom stereocenters. The molecule has 1 aromatic heterocycles. The van der Waals surface area contributed by atoms with Gasteiger partial charge in [0.05, 0.1) is 23.8 Å². The maximum atomic E-state index is 6.42. The van der Waals surface area contributed by atoms with Gasteiger partial charge in [-0.2, -0.15) is 0 Å². The molecule has 0 aliphatic heterocycles. The van der Waals surface area contributed by atoms with Crippen molar-refractivity contribution >= 4 is 39.1 Å². The standard InChI is InChI=1S/C25H34ClN3O/c1-7-29(8-2)13-9-10-17(4)27-25-20-11-12-22(26)18(5)24(20)28-23-16(3)14-19(30-6)15-21(23)25/h11-12,14-15,17H,7-10,13H2,1-6H3,(H,27,28). The predicted molar refractivity (Wildman–Crippen MR) is 130 cm³/mol. The van der Waals surface area contributed by atoms with E-state index in [2.05, 4.69) is 50.0 Å². The second kappa shape index (κ2) is 9.84. The van der Waals surface area contributed by atoms with Crippen LogP contribution in [0.3, 0.4) is 0 Å². The number of fused-ring (bicyclic) bond motifs is 2. The van der Waals surface area contributed by atoms with Gasteiger partial charge in [0.1, 0.15) is 5.75 Å². The third kappa shape index (κ3) is 4.65. The summed E-state index contributed by atoms with van der Waals surface area (Å²) < 4.78 is 5.55. The number of hydrogen-bond donors (Lipinski definition) is 1. The number of ether oxygens (including phenoxy) is 1. The summed E-state index contributed by atoms with van der Waals surface area (Å²) in [5.74, 6) is 0.851. The molecule has 1 N–H and O–H groups in total. The van der Waals surface area contributed by atoms with E-state index in [-0.39, 0.29) is 0 Å². The molecule has 162 valence electrons. The second-order valence-electron chi connectivity index (χ2n) is 8.11. The lowest BCUT2D eigenvalue weighted by molar-refractivity contribution is 0.295. The van der Waals surface area contributed by atoms with Gasteiger partial charge in [-0.05, 0) is 88.6 Å².